The van der Waals surface area contributed by atoms with Gasteiger partial charge in [-0.1, -0.05) is 0 Å². The molecule has 3 saturated heterocycles. The molecule has 11 heavy (non-hydrogen) atoms. The third-order valence-corrected chi connectivity index (χ3v) is 3.59. The predicted octanol–water partition coefficient (Wildman–Crippen LogP) is 0.709. The van der Waals surface area contributed by atoms with Crippen molar-refractivity contribution in [1.82, 2.24) is 4.90 Å². The van der Waals surface area contributed by atoms with Gasteiger partial charge in [-0.2, -0.15) is 0 Å². The van der Waals surface area contributed by atoms with Gasteiger partial charge in [0.1, 0.15) is 0 Å². The van der Waals surface area contributed by atoms with Crippen molar-refractivity contribution in [3.63, 3.8) is 0 Å². The maximum absolute atomic E-state index is 9.16. The van der Waals surface area contributed by atoms with Crippen LogP contribution in [0.2, 0.25) is 0 Å². The van der Waals surface area contributed by atoms with Gasteiger partial charge in [0.05, 0.1) is 0 Å². The van der Waals surface area contributed by atoms with E-state index in [0.29, 0.717) is 18.6 Å². The van der Waals surface area contributed by atoms with Crippen molar-refractivity contribution in [2.75, 3.05) is 19.7 Å². The summed E-state index contributed by atoms with van der Waals surface area (Å²) in [6, 6.07) is 0.632. The summed E-state index contributed by atoms with van der Waals surface area (Å²) in [5.41, 5.74) is 0. The van der Waals surface area contributed by atoms with E-state index in [1.54, 1.807) is 0 Å². The summed E-state index contributed by atoms with van der Waals surface area (Å²) >= 11 is 0. The standard InChI is InChI=1S/C9H17NO/c1-7-9(6-11)8-2-4-10(7)5-3-8/h7-9,11H,2-6H2,1H3. The summed E-state index contributed by atoms with van der Waals surface area (Å²) in [5.74, 6) is 1.39. The number of rotatable bonds is 1. The zero-order valence-corrected chi connectivity index (χ0v) is 7.16. The number of fused-ring (bicyclic) bond motifs is 3. The molecule has 0 spiro atoms. The first-order valence-corrected chi connectivity index (χ1v) is 4.68. The lowest BCUT2D eigenvalue weighted by Crippen LogP contribution is -2.54. The molecule has 64 valence electrons. The zero-order valence-electron chi connectivity index (χ0n) is 7.16. The van der Waals surface area contributed by atoms with Crippen molar-refractivity contribution >= 4 is 0 Å². The van der Waals surface area contributed by atoms with Gasteiger partial charge in [-0.05, 0) is 38.8 Å². The molecule has 2 unspecified atom stereocenters. The van der Waals surface area contributed by atoms with Crippen LogP contribution >= 0.6 is 0 Å². The van der Waals surface area contributed by atoms with E-state index >= 15 is 0 Å². The number of aliphatic hydroxyl groups excluding tert-OH is 1. The average molecular weight is 155 g/mol. The Kier molecular flexibility index (Phi) is 1.90. The Bertz CT molecular complexity index is 138. The summed E-state index contributed by atoms with van der Waals surface area (Å²) in [6.45, 7) is 5.18. The second-order valence-corrected chi connectivity index (χ2v) is 3.96. The van der Waals surface area contributed by atoms with Crippen LogP contribution in [0.1, 0.15) is 19.8 Å². The highest BCUT2D eigenvalue weighted by Gasteiger charge is 2.38. The summed E-state index contributed by atoms with van der Waals surface area (Å²) in [5, 5.41) is 9.16. The molecular weight excluding hydrogens is 138 g/mol. The number of piperidine rings is 3. The molecule has 0 aromatic carbocycles. The van der Waals surface area contributed by atoms with E-state index in [0.717, 1.165) is 5.92 Å². The van der Waals surface area contributed by atoms with Gasteiger partial charge in [-0.3, -0.25) is 0 Å². The highest BCUT2D eigenvalue weighted by atomic mass is 16.3. The molecule has 0 saturated carbocycles. The van der Waals surface area contributed by atoms with Crippen LogP contribution in [0.3, 0.4) is 0 Å². The minimum absolute atomic E-state index is 0.391. The van der Waals surface area contributed by atoms with Gasteiger partial charge >= 0.3 is 0 Å². The highest BCUT2D eigenvalue weighted by molar-refractivity contribution is 4.91. The molecular formula is C9H17NO. The Balaban J connectivity index is 2.10. The maximum atomic E-state index is 9.16. The van der Waals surface area contributed by atoms with Crippen LogP contribution in [-0.2, 0) is 0 Å². The molecule has 3 aliphatic rings. The summed E-state index contributed by atoms with van der Waals surface area (Å²) < 4.78 is 0. The monoisotopic (exact) mass is 155 g/mol. The molecule has 0 radical (unpaired) electrons. The SMILES string of the molecule is CC1C(CO)C2CCN1CC2. The Hall–Kier alpha value is -0.0800. The molecule has 2 atom stereocenters. The molecule has 0 aromatic rings. The normalized spacial score (nSPS) is 49.6. The Morgan fingerprint density at radius 2 is 2.00 bits per heavy atom. The van der Waals surface area contributed by atoms with Gasteiger partial charge < -0.3 is 10.0 Å². The van der Waals surface area contributed by atoms with Gasteiger partial charge in [0.25, 0.3) is 0 Å². The van der Waals surface area contributed by atoms with E-state index in [1.165, 1.54) is 25.9 Å². The fourth-order valence-corrected chi connectivity index (χ4v) is 2.72. The smallest absolute Gasteiger partial charge is 0.0476 e. The summed E-state index contributed by atoms with van der Waals surface area (Å²) in [7, 11) is 0. The van der Waals surface area contributed by atoms with Crippen molar-refractivity contribution in [2.24, 2.45) is 11.8 Å². The molecule has 0 aliphatic carbocycles. The molecule has 0 aromatic heterocycles. The fraction of sp³-hybridized carbons (Fsp3) is 1.00. The van der Waals surface area contributed by atoms with Gasteiger partial charge in [0.15, 0.2) is 0 Å². The van der Waals surface area contributed by atoms with Crippen LogP contribution in [0, 0.1) is 11.8 Å². The number of hydrogen-bond donors (Lipinski definition) is 1. The molecule has 3 fully saturated rings. The van der Waals surface area contributed by atoms with Crippen LogP contribution in [0.5, 0.6) is 0 Å². The largest absolute Gasteiger partial charge is 0.396 e. The van der Waals surface area contributed by atoms with Crippen LogP contribution in [-0.4, -0.2) is 35.7 Å². The average Bonchev–Trinajstić information content (AvgIpc) is 2.06. The first kappa shape index (κ1) is 7.56. The minimum Gasteiger partial charge on any atom is -0.396 e. The van der Waals surface area contributed by atoms with Crippen molar-refractivity contribution in [3.05, 3.63) is 0 Å². The minimum atomic E-state index is 0.391. The van der Waals surface area contributed by atoms with Gasteiger partial charge in [0.2, 0.25) is 0 Å². The van der Waals surface area contributed by atoms with Crippen molar-refractivity contribution in [2.45, 2.75) is 25.8 Å². The topological polar surface area (TPSA) is 23.5 Å². The van der Waals surface area contributed by atoms with E-state index in [9.17, 15) is 0 Å². The van der Waals surface area contributed by atoms with Gasteiger partial charge in [0, 0.05) is 18.6 Å². The number of hydrogen-bond acceptors (Lipinski definition) is 2. The molecule has 2 heteroatoms. The first-order valence-electron chi connectivity index (χ1n) is 4.68. The Morgan fingerprint density at radius 1 is 1.36 bits per heavy atom. The molecule has 3 rings (SSSR count). The predicted molar refractivity (Wildman–Crippen MR) is 44.3 cm³/mol. The molecule has 2 nitrogen and oxygen atoms in total. The van der Waals surface area contributed by atoms with Crippen LogP contribution in [0.4, 0.5) is 0 Å². The molecule has 1 N–H and O–H groups in total. The lowest BCUT2D eigenvalue weighted by molar-refractivity contribution is -0.0259. The third-order valence-electron chi connectivity index (χ3n) is 3.59. The summed E-state index contributed by atoms with van der Waals surface area (Å²) in [4.78, 5) is 2.51. The van der Waals surface area contributed by atoms with Crippen LogP contribution in [0.15, 0.2) is 0 Å². The number of aliphatic hydroxyl groups is 1. The fourth-order valence-electron chi connectivity index (χ4n) is 2.72. The molecule has 3 aliphatic heterocycles. The second kappa shape index (κ2) is 2.76. The van der Waals surface area contributed by atoms with Crippen molar-refractivity contribution < 1.29 is 5.11 Å². The lowest BCUT2D eigenvalue weighted by atomic mass is 9.75. The van der Waals surface area contributed by atoms with E-state index < -0.39 is 0 Å². The number of nitrogens with zero attached hydrogens (tertiary/aromatic N) is 1. The summed E-state index contributed by atoms with van der Waals surface area (Å²) in [6.07, 6.45) is 2.63. The Labute approximate surface area is 68.2 Å². The van der Waals surface area contributed by atoms with Gasteiger partial charge in [-0.25, -0.2) is 0 Å². The van der Waals surface area contributed by atoms with Crippen molar-refractivity contribution in [3.8, 4) is 0 Å². The quantitative estimate of drug-likeness (QED) is 0.603. The van der Waals surface area contributed by atoms with E-state index in [-0.39, 0.29) is 0 Å². The lowest BCUT2D eigenvalue weighted by Gasteiger charge is -2.49. The molecule has 3 heterocycles. The highest BCUT2D eigenvalue weighted by Crippen LogP contribution is 2.36. The van der Waals surface area contributed by atoms with Crippen molar-refractivity contribution in [1.29, 1.82) is 0 Å². The van der Waals surface area contributed by atoms with Gasteiger partial charge in [-0.15, -0.1) is 0 Å². The molecule has 2 bridgehead atoms. The zero-order chi connectivity index (χ0) is 7.84. The van der Waals surface area contributed by atoms with Crippen LogP contribution in [0.25, 0.3) is 0 Å². The third kappa shape index (κ3) is 1.09. The second-order valence-electron chi connectivity index (χ2n) is 3.96. The first-order chi connectivity index (χ1) is 5.33. The Morgan fingerprint density at radius 3 is 2.36 bits per heavy atom. The van der Waals surface area contributed by atoms with E-state index in [4.69, 9.17) is 5.11 Å². The van der Waals surface area contributed by atoms with E-state index in [1.807, 2.05) is 0 Å². The van der Waals surface area contributed by atoms with Crippen LogP contribution < -0.4 is 0 Å². The van der Waals surface area contributed by atoms with E-state index in [2.05, 4.69) is 11.8 Å². The molecule has 0 amide bonds. The maximum Gasteiger partial charge on any atom is 0.0476 e.